The van der Waals surface area contributed by atoms with Gasteiger partial charge in [-0.15, -0.1) is 0 Å². The highest BCUT2D eigenvalue weighted by Gasteiger charge is 2.17. The van der Waals surface area contributed by atoms with Crippen LogP contribution in [0.1, 0.15) is 10.4 Å². The Balaban J connectivity index is 1.88. The van der Waals surface area contributed by atoms with Gasteiger partial charge in [0, 0.05) is 29.7 Å². The Kier molecular flexibility index (Phi) is 4.97. The monoisotopic (exact) mass is 352 g/mol. The number of nitrogens with zero attached hydrogens (tertiary/aromatic N) is 1. The minimum Gasteiger partial charge on any atom is -0.378 e. The number of ether oxygens (including phenoxy) is 1. The molecule has 0 spiro atoms. The van der Waals surface area contributed by atoms with E-state index in [-0.39, 0.29) is 5.56 Å². The van der Waals surface area contributed by atoms with Crippen molar-refractivity contribution in [1.82, 2.24) is 0 Å². The predicted molar refractivity (Wildman–Crippen MR) is 88.8 cm³/mol. The lowest BCUT2D eigenvalue weighted by Gasteiger charge is -2.30. The molecule has 3 rings (SSSR count). The third kappa shape index (κ3) is 3.83. The second-order valence-corrected chi connectivity index (χ2v) is 5.81. The molecular weight excluding hydrogens is 338 g/mol. The van der Waals surface area contributed by atoms with Crippen molar-refractivity contribution in [2.24, 2.45) is 0 Å². The molecule has 1 aliphatic rings. The lowest BCUT2D eigenvalue weighted by atomic mass is 10.1. The van der Waals surface area contributed by atoms with Crippen LogP contribution in [0.15, 0.2) is 36.4 Å². The van der Waals surface area contributed by atoms with Crippen molar-refractivity contribution in [2.45, 2.75) is 0 Å². The van der Waals surface area contributed by atoms with E-state index in [1.807, 2.05) is 0 Å². The van der Waals surface area contributed by atoms with E-state index in [0.29, 0.717) is 37.0 Å². The molecule has 0 radical (unpaired) electrons. The van der Waals surface area contributed by atoms with Gasteiger partial charge in [0.15, 0.2) is 0 Å². The van der Waals surface area contributed by atoms with Crippen LogP contribution in [-0.4, -0.2) is 32.2 Å². The van der Waals surface area contributed by atoms with E-state index in [0.717, 1.165) is 23.9 Å². The number of rotatable bonds is 3. The zero-order chi connectivity index (χ0) is 17.1. The number of benzene rings is 2. The maximum absolute atomic E-state index is 13.3. The normalized spacial score (nSPS) is 14.5. The van der Waals surface area contributed by atoms with Gasteiger partial charge < -0.3 is 15.0 Å². The Morgan fingerprint density at radius 1 is 1.08 bits per heavy atom. The Morgan fingerprint density at radius 3 is 2.42 bits per heavy atom. The first-order chi connectivity index (χ1) is 11.5. The first kappa shape index (κ1) is 16.7. The highest BCUT2D eigenvalue weighted by atomic mass is 35.5. The average molecular weight is 353 g/mol. The molecule has 1 aliphatic heterocycles. The second-order valence-electron chi connectivity index (χ2n) is 5.37. The van der Waals surface area contributed by atoms with Crippen molar-refractivity contribution in [1.29, 1.82) is 0 Å². The fourth-order valence-electron chi connectivity index (χ4n) is 2.57. The fraction of sp³-hybridized carbons (Fsp3) is 0.235. The molecule has 0 aromatic heterocycles. The van der Waals surface area contributed by atoms with Crippen molar-refractivity contribution in [3.63, 3.8) is 0 Å². The van der Waals surface area contributed by atoms with Crippen LogP contribution in [0.5, 0.6) is 0 Å². The molecule has 24 heavy (non-hydrogen) atoms. The molecule has 1 saturated heterocycles. The topological polar surface area (TPSA) is 41.6 Å². The maximum atomic E-state index is 13.3. The summed E-state index contributed by atoms with van der Waals surface area (Å²) >= 11 is 6.02. The molecule has 1 fully saturated rings. The predicted octanol–water partition coefficient (Wildman–Crippen LogP) is 3.71. The molecule has 0 bridgehead atoms. The molecule has 4 nitrogen and oxygen atoms in total. The molecule has 2 aromatic rings. The standard InChI is InChI=1S/C17H15ClF2N2O2/c18-12-1-2-16(22-3-5-24-6-4-22)15(9-12)21-17(23)11-7-13(19)10-14(20)8-11/h1-2,7-10H,3-6H2,(H,21,23). The van der Waals surface area contributed by atoms with Crippen molar-refractivity contribution in [3.8, 4) is 0 Å². The zero-order valence-corrected chi connectivity index (χ0v) is 13.4. The van der Waals surface area contributed by atoms with Gasteiger partial charge >= 0.3 is 0 Å². The molecule has 2 aromatic carbocycles. The van der Waals surface area contributed by atoms with E-state index >= 15 is 0 Å². The summed E-state index contributed by atoms with van der Waals surface area (Å²) < 4.78 is 31.9. The Labute approximate surface area is 143 Å². The van der Waals surface area contributed by atoms with E-state index in [9.17, 15) is 13.6 Å². The van der Waals surface area contributed by atoms with Gasteiger partial charge in [0.25, 0.3) is 5.91 Å². The molecule has 126 valence electrons. The van der Waals surface area contributed by atoms with Crippen LogP contribution >= 0.6 is 11.6 Å². The molecule has 1 N–H and O–H groups in total. The maximum Gasteiger partial charge on any atom is 0.255 e. The van der Waals surface area contributed by atoms with E-state index in [1.165, 1.54) is 0 Å². The van der Waals surface area contributed by atoms with Crippen LogP contribution in [-0.2, 0) is 4.74 Å². The number of morpholine rings is 1. The fourth-order valence-corrected chi connectivity index (χ4v) is 2.74. The van der Waals surface area contributed by atoms with Crippen LogP contribution in [0.4, 0.5) is 20.2 Å². The largest absolute Gasteiger partial charge is 0.378 e. The van der Waals surface area contributed by atoms with Gasteiger partial charge in [-0.25, -0.2) is 8.78 Å². The SMILES string of the molecule is O=C(Nc1cc(Cl)ccc1N1CCOCC1)c1cc(F)cc(F)c1. The third-order valence-electron chi connectivity index (χ3n) is 3.68. The van der Waals surface area contributed by atoms with Crippen LogP contribution in [0.2, 0.25) is 5.02 Å². The van der Waals surface area contributed by atoms with Crippen LogP contribution in [0, 0.1) is 11.6 Å². The molecular formula is C17H15ClF2N2O2. The molecule has 7 heteroatoms. The van der Waals surface area contributed by atoms with E-state index in [4.69, 9.17) is 16.3 Å². The van der Waals surface area contributed by atoms with Crippen molar-refractivity contribution >= 4 is 28.9 Å². The summed E-state index contributed by atoms with van der Waals surface area (Å²) in [6, 6.07) is 7.82. The van der Waals surface area contributed by atoms with E-state index < -0.39 is 17.5 Å². The lowest BCUT2D eigenvalue weighted by Crippen LogP contribution is -2.36. The van der Waals surface area contributed by atoms with Gasteiger partial charge in [0.05, 0.1) is 24.6 Å². The Hall–Kier alpha value is -2.18. The minimum absolute atomic E-state index is 0.0968. The summed E-state index contributed by atoms with van der Waals surface area (Å²) in [7, 11) is 0. The molecule has 0 atom stereocenters. The minimum atomic E-state index is -0.806. The summed E-state index contributed by atoms with van der Waals surface area (Å²) in [4.78, 5) is 14.4. The van der Waals surface area contributed by atoms with E-state index in [1.54, 1.807) is 18.2 Å². The van der Waals surface area contributed by atoms with Gasteiger partial charge in [-0.2, -0.15) is 0 Å². The number of anilines is 2. The summed E-state index contributed by atoms with van der Waals surface area (Å²) in [5, 5.41) is 3.13. The summed E-state index contributed by atoms with van der Waals surface area (Å²) in [5.41, 5.74) is 1.17. The van der Waals surface area contributed by atoms with Crippen molar-refractivity contribution < 1.29 is 18.3 Å². The van der Waals surface area contributed by atoms with Gasteiger partial charge in [0.1, 0.15) is 11.6 Å². The molecule has 1 amide bonds. The quantitative estimate of drug-likeness (QED) is 0.915. The highest BCUT2D eigenvalue weighted by Crippen LogP contribution is 2.30. The lowest BCUT2D eigenvalue weighted by molar-refractivity contribution is 0.102. The van der Waals surface area contributed by atoms with Gasteiger partial charge in [0.2, 0.25) is 0 Å². The number of amides is 1. The number of carbonyl (C=O) groups excluding carboxylic acids is 1. The van der Waals surface area contributed by atoms with Crippen LogP contribution < -0.4 is 10.2 Å². The smallest absolute Gasteiger partial charge is 0.255 e. The van der Waals surface area contributed by atoms with Crippen molar-refractivity contribution in [3.05, 3.63) is 58.6 Å². The average Bonchev–Trinajstić information content (AvgIpc) is 2.55. The van der Waals surface area contributed by atoms with Crippen molar-refractivity contribution in [2.75, 3.05) is 36.5 Å². The third-order valence-corrected chi connectivity index (χ3v) is 3.92. The summed E-state index contributed by atoms with van der Waals surface area (Å²) in [6.45, 7) is 2.54. The number of carbonyl (C=O) groups is 1. The molecule has 0 aliphatic carbocycles. The van der Waals surface area contributed by atoms with Gasteiger partial charge in [-0.05, 0) is 30.3 Å². The van der Waals surface area contributed by atoms with E-state index in [2.05, 4.69) is 10.2 Å². The second kappa shape index (κ2) is 7.15. The molecule has 0 saturated carbocycles. The van der Waals surface area contributed by atoms with Crippen LogP contribution in [0.3, 0.4) is 0 Å². The van der Waals surface area contributed by atoms with Crippen LogP contribution in [0.25, 0.3) is 0 Å². The Bertz CT molecular complexity index is 744. The number of hydrogen-bond donors (Lipinski definition) is 1. The molecule has 0 unspecified atom stereocenters. The first-order valence-corrected chi connectivity index (χ1v) is 7.80. The number of halogens is 3. The van der Waals surface area contributed by atoms with Gasteiger partial charge in [-0.1, -0.05) is 11.6 Å². The summed E-state index contributed by atoms with van der Waals surface area (Å²) in [5.74, 6) is -2.22. The van der Waals surface area contributed by atoms with Gasteiger partial charge in [-0.3, -0.25) is 4.79 Å². The zero-order valence-electron chi connectivity index (χ0n) is 12.7. The molecule has 1 heterocycles. The summed E-state index contributed by atoms with van der Waals surface area (Å²) in [6.07, 6.45) is 0. The first-order valence-electron chi connectivity index (χ1n) is 7.42. The Morgan fingerprint density at radius 2 is 1.75 bits per heavy atom. The highest BCUT2D eigenvalue weighted by molar-refractivity contribution is 6.31. The number of hydrogen-bond acceptors (Lipinski definition) is 3. The number of nitrogens with one attached hydrogen (secondary N) is 1.